The number of nitrogens with zero attached hydrogens (tertiary/aromatic N) is 4. The molecule has 1 fully saturated rings. The van der Waals surface area contributed by atoms with Gasteiger partial charge in [0.1, 0.15) is 0 Å². The lowest BCUT2D eigenvalue weighted by atomic mass is 10.1. The first-order chi connectivity index (χ1) is 13.0. The van der Waals surface area contributed by atoms with Crippen LogP contribution in [0.1, 0.15) is 21.7 Å². The molecule has 1 amide bonds. The predicted molar refractivity (Wildman–Crippen MR) is 103 cm³/mol. The zero-order valence-electron chi connectivity index (χ0n) is 15.4. The number of H-pyrrole nitrogens is 1. The molecule has 1 saturated heterocycles. The molecule has 3 aromatic rings. The molecule has 7 heteroatoms. The van der Waals surface area contributed by atoms with Gasteiger partial charge in [-0.15, -0.1) is 5.10 Å². The summed E-state index contributed by atoms with van der Waals surface area (Å²) in [6, 6.07) is 11.4. The number of piperazine rings is 1. The second-order valence-corrected chi connectivity index (χ2v) is 6.81. The van der Waals surface area contributed by atoms with Crippen LogP contribution in [0.4, 0.5) is 5.82 Å². The summed E-state index contributed by atoms with van der Waals surface area (Å²) < 4.78 is 0. The maximum atomic E-state index is 12.9. The lowest BCUT2D eigenvalue weighted by Crippen LogP contribution is -2.51. The Morgan fingerprint density at radius 2 is 1.70 bits per heavy atom. The van der Waals surface area contributed by atoms with Crippen molar-refractivity contribution in [3.05, 3.63) is 53.3 Å². The quantitative estimate of drug-likeness (QED) is 0.569. The Labute approximate surface area is 157 Å². The number of aromatic nitrogens is 3. The van der Waals surface area contributed by atoms with Crippen molar-refractivity contribution in [3.8, 4) is 0 Å². The van der Waals surface area contributed by atoms with Gasteiger partial charge < -0.3 is 14.8 Å². The molecule has 0 radical (unpaired) electrons. The topological polar surface area (TPSA) is 82.2 Å². The fourth-order valence-corrected chi connectivity index (χ4v) is 3.52. The van der Waals surface area contributed by atoms with E-state index in [1.165, 1.54) is 0 Å². The second-order valence-electron chi connectivity index (χ2n) is 6.81. The van der Waals surface area contributed by atoms with Crippen LogP contribution >= 0.6 is 0 Å². The monoisotopic (exact) mass is 363 g/mol. The van der Waals surface area contributed by atoms with Gasteiger partial charge in [0.15, 0.2) is 5.82 Å². The van der Waals surface area contributed by atoms with Crippen LogP contribution in [-0.2, 0) is 4.79 Å². The molecule has 1 aliphatic rings. The molecule has 27 heavy (non-hydrogen) atoms. The van der Waals surface area contributed by atoms with Crippen molar-refractivity contribution >= 4 is 28.4 Å². The third kappa shape index (κ3) is 3.16. The molecule has 3 heterocycles. The molecule has 0 bridgehead atoms. The lowest BCUT2D eigenvalue weighted by molar-refractivity contribution is -0.126. The van der Waals surface area contributed by atoms with Crippen LogP contribution in [0.2, 0.25) is 0 Å². The SMILES string of the molecule is Cc1ccc(N2CCN(C(=O)C(=O)c3c(C)[nH]c4ccccc34)CC2)nn1. The van der Waals surface area contributed by atoms with Crippen molar-refractivity contribution in [2.45, 2.75) is 13.8 Å². The molecule has 0 aliphatic carbocycles. The Kier molecular flexibility index (Phi) is 4.35. The number of hydrogen-bond acceptors (Lipinski definition) is 5. The van der Waals surface area contributed by atoms with E-state index >= 15 is 0 Å². The van der Waals surface area contributed by atoms with E-state index in [1.54, 1.807) is 4.90 Å². The van der Waals surface area contributed by atoms with Crippen molar-refractivity contribution < 1.29 is 9.59 Å². The van der Waals surface area contributed by atoms with E-state index in [0.717, 1.165) is 28.1 Å². The van der Waals surface area contributed by atoms with Crippen molar-refractivity contribution in [1.82, 2.24) is 20.1 Å². The molecule has 2 aromatic heterocycles. The molecule has 4 rings (SSSR count). The average Bonchev–Trinajstić information content (AvgIpc) is 3.03. The number of para-hydroxylation sites is 1. The predicted octanol–water partition coefficient (Wildman–Crippen LogP) is 2.11. The van der Waals surface area contributed by atoms with Crippen molar-refractivity contribution in [3.63, 3.8) is 0 Å². The summed E-state index contributed by atoms with van der Waals surface area (Å²) in [5.41, 5.74) is 2.94. The minimum absolute atomic E-state index is 0.447. The van der Waals surface area contributed by atoms with Crippen LogP contribution < -0.4 is 4.90 Å². The van der Waals surface area contributed by atoms with Gasteiger partial charge in [0.2, 0.25) is 0 Å². The molecular formula is C20H21N5O2. The third-order valence-electron chi connectivity index (χ3n) is 4.99. The van der Waals surface area contributed by atoms with Gasteiger partial charge in [-0.05, 0) is 32.0 Å². The smallest absolute Gasteiger partial charge is 0.295 e. The molecule has 0 spiro atoms. The maximum Gasteiger partial charge on any atom is 0.295 e. The van der Waals surface area contributed by atoms with Crippen LogP contribution in [0.25, 0.3) is 10.9 Å². The Bertz CT molecular complexity index is 1000. The summed E-state index contributed by atoms with van der Waals surface area (Å²) in [5, 5.41) is 9.07. The van der Waals surface area contributed by atoms with Crippen LogP contribution in [0.5, 0.6) is 0 Å². The number of carbonyl (C=O) groups is 2. The Hall–Kier alpha value is -3.22. The van der Waals surface area contributed by atoms with Gasteiger partial charge in [-0.2, -0.15) is 5.10 Å². The van der Waals surface area contributed by atoms with E-state index < -0.39 is 11.7 Å². The van der Waals surface area contributed by atoms with Gasteiger partial charge in [0.25, 0.3) is 11.7 Å². The van der Waals surface area contributed by atoms with Crippen LogP contribution in [0.3, 0.4) is 0 Å². The number of rotatable bonds is 3. The standard InChI is InChI=1S/C20H21N5O2/c1-13-7-8-17(23-22-13)24-9-11-25(12-10-24)20(27)19(26)18-14(2)21-16-6-4-3-5-15(16)18/h3-8,21H,9-12H2,1-2H3. The largest absolute Gasteiger partial charge is 0.358 e. The van der Waals surface area contributed by atoms with E-state index in [-0.39, 0.29) is 0 Å². The van der Waals surface area contributed by atoms with Gasteiger partial charge in [-0.1, -0.05) is 18.2 Å². The average molecular weight is 363 g/mol. The molecule has 138 valence electrons. The highest BCUT2D eigenvalue weighted by molar-refractivity contribution is 6.45. The van der Waals surface area contributed by atoms with Crippen LogP contribution in [0, 0.1) is 13.8 Å². The number of benzene rings is 1. The number of nitrogens with one attached hydrogen (secondary N) is 1. The van der Waals surface area contributed by atoms with Gasteiger partial charge in [0, 0.05) is 42.8 Å². The first-order valence-corrected chi connectivity index (χ1v) is 9.01. The number of aryl methyl sites for hydroxylation is 2. The van der Waals surface area contributed by atoms with Crippen molar-refractivity contribution in [2.24, 2.45) is 0 Å². The van der Waals surface area contributed by atoms with Crippen molar-refractivity contribution in [2.75, 3.05) is 31.1 Å². The number of Topliss-reactive ketones (excluding diaryl/α,β-unsaturated/α-hetero) is 1. The molecule has 1 aromatic carbocycles. The Morgan fingerprint density at radius 1 is 0.963 bits per heavy atom. The van der Waals surface area contributed by atoms with E-state index in [2.05, 4.69) is 20.1 Å². The van der Waals surface area contributed by atoms with E-state index in [4.69, 9.17) is 0 Å². The lowest BCUT2D eigenvalue weighted by Gasteiger charge is -2.34. The number of ketones is 1. The molecule has 1 aliphatic heterocycles. The van der Waals surface area contributed by atoms with Crippen LogP contribution in [-0.4, -0.2) is 58.0 Å². The summed E-state index contributed by atoms with van der Waals surface area (Å²) in [6.07, 6.45) is 0. The fourth-order valence-electron chi connectivity index (χ4n) is 3.52. The minimum atomic E-state index is -0.450. The van der Waals surface area contributed by atoms with E-state index in [9.17, 15) is 9.59 Å². The highest BCUT2D eigenvalue weighted by Crippen LogP contribution is 2.23. The normalized spacial score (nSPS) is 14.6. The Morgan fingerprint density at radius 3 is 2.41 bits per heavy atom. The first kappa shape index (κ1) is 17.2. The van der Waals surface area contributed by atoms with Crippen LogP contribution in [0.15, 0.2) is 36.4 Å². The number of aromatic amines is 1. The molecule has 0 unspecified atom stereocenters. The number of hydrogen-bond donors (Lipinski definition) is 1. The minimum Gasteiger partial charge on any atom is -0.358 e. The summed E-state index contributed by atoms with van der Waals surface area (Å²) in [7, 11) is 0. The van der Waals surface area contributed by atoms with E-state index in [0.29, 0.717) is 31.7 Å². The second kappa shape index (κ2) is 6.83. The zero-order valence-corrected chi connectivity index (χ0v) is 15.4. The number of amides is 1. The van der Waals surface area contributed by atoms with Gasteiger partial charge in [-0.25, -0.2) is 0 Å². The number of fused-ring (bicyclic) bond motifs is 1. The summed E-state index contributed by atoms with van der Waals surface area (Å²) in [4.78, 5) is 32.6. The van der Waals surface area contributed by atoms with Gasteiger partial charge in [-0.3, -0.25) is 9.59 Å². The fraction of sp³-hybridized carbons (Fsp3) is 0.300. The van der Waals surface area contributed by atoms with Gasteiger partial charge >= 0.3 is 0 Å². The van der Waals surface area contributed by atoms with Crippen molar-refractivity contribution in [1.29, 1.82) is 0 Å². The van der Waals surface area contributed by atoms with E-state index in [1.807, 2.05) is 50.2 Å². The maximum absolute atomic E-state index is 12.9. The third-order valence-corrected chi connectivity index (χ3v) is 4.99. The molecule has 1 N–H and O–H groups in total. The summed E-state index contributed by atoms with van der Waals surface area (Å²) in [6.45, 7) is 5.95. The molecular weight excluding hydrogens is 342 g/mol. The first-order valence-electron chi connectivity index (χ1n) is 9.01. The highest BCUT2D eigenvalue weighted by Gasteiger charge is 2.29. The number of carbonyl (C=O) groups excluding carboxylic acids is 2. The summed E-state index contributed by atoms with van der Waals surface area (Å²) in [5.74, 6) is -0.0995. The number of anilines is 1. The molecule has 7 nitrogen and oxygen atoms in total. The summed E-state index contributed by atoms with van der Waals surface area (Å²) >= 11 is 0. The van der Waals surface area contributed by atoms with Gasteiger partial charge in [0.05, 0.1) is 11.3 Å². The molecule has 0 saturated carbocycles. The Balaban J connectivity index is 1.48. The molecule has 0 atom stereocenters. The highest BCUT2D eigenvalue weighted by atomic mass is 16.2. The zero-order chi connectivity index (χ0) is 19.0.